The number of fused-ring (bicyclic) bond motifs is 1. The molecule has 37 heavy (non-hydrogen) atoms. The van der Waals surface area contributed by atoms with Gasteiger partial charge in [0.05, 0.1) is 23.3 Å². The molecule has 1 aromatic carbocycles. The van der Waals surface area contributed by atoms with Gasteiger partial charge in [-0.15, -0.1) is 0 Å². The fourth-order valence-electron chi connectivity index (χ4n) is 4.32. The van der Waals surface area contributed by atoms with Crippen molar-refractivity contribution in [2.45, 2.75) is 32.7 Å². The number of hydrogen-bond donors (Lipinski definition) is 1. The van der Waals surface area contributed by atoms with Crippen molar-refractivity contribution in [3.05, 3.63) is 53.2 Å². The molecule has 1 aliphatic heterocycles. The van der Waals surface area contributed by atoms with Crippen LogP contribution in [0.3, 0.4) is 0 Å². The number of pyridine rings is 1. The molecular formula is C24H24ClF3N5O3P. The average Bonchev–Trinajstić information content (AvgIpc) is 2.83. The number of aryl methyl sites for hydroxylation is 1. The molecule has 1 amide bonds. The molecule has 3 heterocycles. The second-order valence-corrected chi connectivity index (χ2v) is 12.4. The summed E-state index contributed by atoms with van der Waals surface area (Å²) in [5.41, 5.74) is -0.421. The highest BCUT2D eigenvalue weighted by atomic mass is 35.5. The van der Waals surface area contributed by atoms with E-state index in [0.29, 0.717) is 47.6 Å². The van der Waals surface area contributed by atoms with Crippen molar-refractivity contribution in [1.82, 2.24) is 19.9 Å². The third kappa shape index (κ3) is 5.20. The van der Waals surface area contributed by atoms with Gasteiger partial charge in [0.1, 0.15) is 30.0 Å². The number of nitrogens with zero attached hydrogens (tertiary/aromatic N) is 4. The number of benzene rings is 1. The highest BCUT2D eigenvalue weighted by molar-refractivity contribution is 7.71. The zero-order valence-electron chi connectivity index (χ0n) is 20.3. The second-order valence-electron chi connectivity index (χ2n) is 8.94. The van der Waals surface area contributed by atoms with Crippen LogP contribution < -0.4 is 10.8 Å². The Bertz CT molecular complexity index is 1440. The lowest BCUT2D eigenvalue weighted by Crippen LogP contribution is -2.40. The summed E-state index contributed by atoms with van der Waals surface area (Å²) >= 11 is 5.00. The van der Waals surface area contributed by atoms with Crippen LogP contribution in [0.1, 0.15) is 36.8 Å². The summed E-state index contributed by atoms with van der Waals surface area (Å²) < 4.78 is 57.1. The molecule has 1 saturated heterocycles. The Hall–Kier alpha value is -3.04. The van der Waals surface area contributed by atoms with E-state index in [1.165, 1.54) is 25.3 Å². The van der Waals surface area contributed by atoms with Crippen LogP contribution in [-0.2, 0) is 20.1 Å². The smallest absolute Gasteiger partial charge is 0.348 e. The fourth-order valence-corrected chi connectivity index (χ4v) is 6.86. The van der Waals surface area contributed by atoms with Crippen LogP contribution in [0.25, 0.3) is 10.9 Å². The minimum atomic E-state index is -4.19. The molecule has 1 atom stereocenters. The van der Waals surface area contributed by atoms with Crippen molar-refractivity contribution in [2.75, 3.05) is 30.7 Å². The van der Waals surface area contributed by atoms with Crippen molar-refractivity contribution >= 4 is 52.0 Å². The van der Waals surface area contributed by atoms with Gasteiger partial charge in [0.2, 0.25) is 5.91 Å². The molecule has 1 fully saturated rings. The minimum Gasteiger partial charge on any atom is -0.363 e. The van der Waals surface area contributed by atoms with Gasteiger partial charge >= 0.3 is 5.92 Å². The highest BCUT2D eigenvalue weighted by Gasteiger charge is 2.42. The Balaban J connectivity index is 1.70. The molecule has 196 valence electrons. The molecule has 1 N–H and O–H groups in total. The topological polar surface area (TPSA) is 105 Å². The van der Waals surface area contributed by atoms with Crippen molar-refractivity contribution in [1.29, 1.82) is 0 Å². The lowest BCUT2D eigenvalue weighted by atomic mass is 10.0. The summed E-state index contributed by atoms with van der Waals surface area (Å²) in [5, 5.41) is 1.53. The first-order chi connectivity index (χ1) is 17.3. The van der Waals surface area contributed by atoms with Crippen LogP contribution in [0.15, 0.2) is 30.5 Å². The number of alkyl halides is 2. The Labute approximate surface area is 216 Å². The van der Waals surface area contributed by atoms with E-state index in [0.717, 1.165) is 6.07 Å². The molecule has 13 heteroatoms. The maximum Gasteiger partial charge on any atom is 0.348 e. The van der Waals surface area contributed by atoms with E-state index in [1.54, 1.807) is 24.8 Å². The number of hydrogen-bond acceptors (Lipinski definition) is 7. The Kier molecular flexibility index (Phi) is 7.32. The lowest BCUT2D eigenvalue weighted by molar-refractivity contribution is -0.135. The van der Waals surface area contributed by atoms with Crippen LogP contribution in [0.5, 0.6) is 0 Å². The molecule has 0 saturated carbocycles. The van der Waals surface area contributed by atoms with Crippen LogP contribution in [-0.4, -0.2) is 56.4 Å². The van der Waals surface area contributed by atoms with Crippen LogP contribution in [0.2, 0.25) is 0 Å². The van der Waals surface area contributed by atoms with E-state index in [9.17, 15) is 22.9 Å². The largest absolute Gasteiger partial charge is 0.363 e. The maximum atomic E-state index is 15.1. The summed E-state index contributed by atoms with van der Waals surface area (Å²) in [6.45, 7) is 5.40. The van der Waals surface area contributed by atoms with Crippen molar-refractivity contribution < 1.29 is 27.3 Å². The second kappa shape index (κ2) is 10.0. The van der Waals surface area contributed by atoms with Gasteiger partial charge in [0, 0.05) is 43.3 Å². The van der Waals surface area contributed by atoms with Gasteiger partial charge in [0.25, 0.3) is 5.24 Å². The highest BCUT2D eigenvalue weighted by Crippen LogP contribution is 2.46. The number of anilines is 1. The number of amides is 1. The molecule has 0 bridgehead atoms. The minimum absolute atomic E-state index is 0.0773. The van der Waals surface area contributed by atoms with E-state index in [-0.39, 0.29) is 17.3 Å². The van der Waals surface area contributed by atoms with Crippen LogP contribution >= 0.6 is 18.7 Å². The number of aromatic nitrogens is 3. The predicted molar refractivity (Wildman–Crippen MR) is 134 cm³/mol. The van der Waals surface area contributed by atoms with Crippen LogP contribution in [0.4, 0.5) is 19.0 Å². The van der Waals surface area contributed by atoms with Crippen molar-refractivity contribution in [3.8, 4) is 0 Å². The summed E-state index contributed by atoms with van der Waals surface area (Å²) in [7, 11) is -2.89. The molecule has 0 unspecified atom stereocenters. The maximum absolute atomic E-state index is 15.1. The van der Waals surface area contributed by atoms with E-state index in [2.05, 4.69) is 20.3 Å². The molecule has 3 aromatic rings. The molecule has 8 nitrogen and oxygen atoms in total. The average molecular weight is 554 g/mol. The van der Waals surface area contributed by atoms with Gasteiger partial charge < -0.3 is 14.8 Å². The molecule has 2 aromatic heterocycles. The fraction of sp³-hybridized carbons (Fsp3) is 0.375. The third-order valence-electron chi connectivity index (χ3n) is 6.44. The van der Waals surface area contributed by atoms with E-state index >= 15 is 4.39 Å². The first kappa shape index (κ1) is 27.0. The first-order valence-electron chi connectivity index (χ1n) is 11.4. The normalized spacial score (nSPS) is 16.5. The number of carbonyl (C=O) groups excluding carboxylic acids is 2. The van der Waals surface area contributed by atoms with E-state index < -0.39 is 35.7 Å². The Morgan fingerprint density at radius 2 is 1.89 bits per heavy atom. The van der Waals surface area contributed by atoms with E-state index in [1.807, 2.05) is 0 Å². The zero-order chi connectivity index (χ0) is 27.1. The van der Waals surface area contributed by atoms with Gasteiger partial charge in [-0.25, -0.2) is 14.4 Å². The SMILES string of the molecule is CC(=O)N1CCP(=O)(c2cc3c(N[C@H](C)c4cccc(C(F)(F)C(=O)Cl)c4F)nc(C)nc3cn2)CC1. The number of nitrogens with one attached hydrogen (secondary N) is 1. The molecule has 4 rings (SSSR count). The quantitative estimate of drug-likeness (QED) is 0.357. The standard InChI is InChI=1S/C24H24ClF3N5O3P/c1-13(16-5-4-6-18(21(16)26)24(27,28)23(25)35)30-22-17-11-20(29-12-19(17)31-14(2)32-22)37(36)9-7-33(8-10-37)15(3)34/h4-6,11-13H,7-10H2,1-3H3,(H,30,31,32)/t13-/m1/s1. The molecular weight excluding hydrogens is 530 g/mol. The Morgan fingerprint density at radius 1 is 1.22 bits per heavy atom. The first-order valence-corrected chi connectivity index (χ1v) is 13.9. The predicted octanol–water partition coefficient (Wildman–Crippen LogP) is 4.35. The summed E-state index contributed by atoms with van der Waals surface area (Å²) in [4.78, 5) is 37.6. The monoisotopic (exact) mass is 553 g/mol. The number of halogens is 4. The number of carbonyl (C=O) groups is 2. The summed E-state index contributed by atoms with van der Waals surface area (Å²) in [5.74, 6) is -4.87. The zero-order valence-corrected chi connectivity index (χ0v) is 21.9. The summed E-state index contributed by atoms with van der Waals surface area (Å²) in [6, 6.07) is 4.11. The van der Waals surface area contributed by atoms with Gasteiger partial charge in [-0.1, -0.05) is 12.1 Å². The Morgan fingerprint density at radius 3 is 2.51 bits per heavy atom. The van der Waals surface area contributed by atoms with Gasteiger partial charge in [-0.2, -0.15) is 8.78 Å². The van der Waals surface area contributed by atoms with Gasteiger partial charge in [-0.05, 0) is 37.6 Å². The molecule has 0 aliphatic carbocycles. The molecule has 0 spiro atoms. The van der Waals surface area contributed by atoms with E-state index in [4.69, 9.17) is 11.6 Å². The summed E-state index contributed by atoms with van der Waals surface area (Å²) in [6.07, 6.45) is 2.07. The molecule has 0 radical (unpaired) electrons. The van der Waals surface area contributed by atoms with Crippen LogP contribution in [0, 0.1) is 12.7 Å². The van der Waals surface area contributed by atoms with Gasteiger partial charge in [-0.3, -0.25) is 14.6 Å². The van der Waals surface area contributed by atoms with Crippen molar-refractivity contribution in [2.24, 2.45) is 0 Å². The van der Waals surface area contributed by atoms with Gasteiger partial charge in [0.15, 0.2) is 0 Å². The third-order valence-corrected chi connectivity index (χ3v) is 9.60. The number of rotatable bonds is 6. The lowest BCUT2D eigenvalue weighted by Gasteiger charge is -2.31. The van der Waals surface area contributed by atoms with Crippen molar-refractivity contribution in [3.63, 3.8) is 0 Å². The molecule has 1 aliphatic rings.